The molecule has 0 spiro atoms. The lowest BCUT2D eigenvalue weighted by atomic mass is 10.2. The molecule has 0 saturated heterocycles. The van der Waals surface area contributed by atoms with Gasteiger partial charge in [-0.15, -0.1) is 0 Å². The largest absolute Gasteiger partial charge is 0.480 e. The number of carboxylic acid groups (broad SMARTS) is 1. The van der Waals surface area contributed by atoms with E-state index in [0.717, 1.165) is 6.08 Å². The second kappa shape index (κ2) is 6.14. The summed E-state index contributed by atoms with van der Waals surface area (Å²) in [6.07, 6.45) is 2.48. The summed E-state index contributed by atoms with van der Waals surface area (Å²) in [5.41, 5.74) is 0.401. The summed E-state index contributed by atoms with van der Waals surface area (Å²) in [5.74, 6) is -1.73. The van der Waals surface area contributed by atoms with Gasteiger partial charge in [0.1, 0.15) is 6.54 Å². The van der Waals surface area contributed by atoms with E-state index < -0.39 is 23.3 Å². The molecule has 0 radical (unpaired) electrons. The number of hydrogen-bond donors (Lipinski definition) is 2. The number of nitrogens with zero attached hydrogens (tertiary/aromatic N) is 1. The number of nitro groups is 1. The lowest BCUT2D eigenvalue weighted by Gasteiger charge is -1.97. The molecule has 1 aromatic rings. The van der Waals surface area contributed by atoms with Gasteiger partial charge in [0.2, 0.25) is 5.91 Å². The van der Waals surface area contributed by atoms with Crippen LogP contribution in [0.15, 0.2) is 30.3 Å². The topological polar surface area (TPSA) is 110 Å². The summed E-state index contributed by atoms with van der Waals surface area (Å²) in [5, 5.41) is 21.0. The van der Waals surface area contributed by atoms with Crippen molar-refractivity contribution < 1.29 is 19.6 Å². The molecule has 0 aliphatic heterocycles. The van der Waals surface area contributed by atoms with Crippen LogP contribution in [0, 0.1) is 10.1 Å². The SMILES string of the molecule is O=C(O)CNC(=O)/C=C/c1cccc([N+](=O)[O-])c1. The van der Waals surface area contributed by atoms with Crippen molar-refractivity contribution in [2.45, 2.75) is 0 Å². The number of aliphatic carboxylic acids is 1. The van der Waals surface area contributed by atoms with Crippen LogP contribution in [0.4, 0.5) is 5.69 Å². The number of carbonyl (C=O) groups is 2. The van der Waals surface area contributed by atoms with Gasteiger partial charge in [0, 0.05) is 18.2 Å². The number of nitrogens with one attached hydrogen (secondary N) is 1. The summed E-state index contributed by atoms with van der Waals surface area (Å²) < 4.78 is 0. The van der Waals surface area contributed by atoms with Gasteiger partial charge in [0.25, 0.3) is 5.69 Å². The lowest BCUT2D eigenvalue weighted by Crippen LogP contribution is -2.27. The van der Waals surface area contributed by atoms with Gasteiger partial charge in [0.15, 0.2) is 0 Å². The molecule has 0 bridgehead atoms. The Morgan fingerprint density at radius 1 is 1.44 bits per heavy atom. The number of carbonyl (C=O) groups excluding carboxylic acids is 1. The molecule has 1 amide bonds. The molecule has 0 saturated carbocycles. The molecule has 0 fully saturated rings. The van der Waals surface area contributed by atoms with Crippen LogP contribution in [0.2, 0.25) is 0 Å². The maximum atomic E-state index is 11.1. The summed E-state index contributed by atoms with van der Waals surface area (Å²) in [4.78, 5) is 31.3. The third kappa shape index (κ3) is 4.44. The zero-order valence-corrected chi connectivity index (χ0v) is 9.20. The van der Waals surface area contributed by atoms with E-state index in [4.69, 9.17) is 5.11 Å². The molecule has 0 atom stereocenters. The zero-order chi connectivity index (χ0) is 13.5. The molecule has 1 aromatic carbocycles. The molecular formula is C11H10N2O5. The van der Waals surface area contributed by atoms with Crippen LogP contribution in [0.1, 0.15) is 5.56 Å². The molecule has 18 heavy (non-hydrogen) atoms. The van der Waals surface area contributed by atoms with Crippen molar-refractivity contribution in [1.82, 2.24) is 5.32 Å². The smallest absolute Gasteiger partial charge is 0.322 e. The number of nitro benzene ring substituents is 1. The normalized spacial score (nSPS) is 10.2. The van der Waals surface area contributed by atoms with E-state index in [2.05, 4.69) is 5.32 Å². The van der Waals surface area contributed by atoms with Gasteiger partial charge in [0.05, 0.1) is 4.92 Å². The van der Waals surface area contributed by atoms with E-state index in [9.17, 15) is 19.7 Å². The Labute approximate surface area is 102 Å². The van der Waals surface area contributed by atoms with Gasteiger partial charge in [-0.2, -0.15) is 0 Å². The highest BCUT2D eigenvalue weighted by Crippen LogP contribution is 2.13. The number of benzene rings is 1. The van der Waals surface area contributed by atoms with E-state index in [0.29, 0.717) is 5.56 Å². The number of hydrogen-bond acceptors (Lipinski definition) is 4. The van der Waals surface area contributed by atoms with Crippen LogP contribution < -0.4 is 5.32 Å². The monoisotopic (exact) mass is 250 g/mol. The van der Waals surface area contributed by atoms with Crippen LogP contribution in [-0.2, 0) is 9.59 Å². The highest BCUT2D eigenvalue weighted by atomic mass is 16.6. The van der Waals surface area contributed by atoms with Crippen molar-refractivity contribution >= 4 is 23.6 Å². The minimum Gasteiger partial charge on any atom is -0.480 e. The number of carboxylic acids is 1. The van der Waals surface area contributed by atoms with Crippen molar-refractivity contribution in [3.63, 3.8) is 0 Å². The maximum Gasteiger partial charge on any atom is 0.322 e. The molecule has 7 heteroatoms. The minimum atomic E-state index is -1.15. The predicted octanol–water partition coefficient (Wildman–Crippen LogP) is 0.809. The van der Waals surface area contributed by atoms with Crippen molar-refractivity contribution in [3.05, 3.63) is 46.0 Å². The zero-order valence-electron chi connectivity index (χ0n) is 9.20. The van der Waals surface area contributed by atoms with Crippen LogP contribution in [-0.4, -0.2) is 28.5 Å². The Hall–Kier alpha value is -2.70. The molecule has 0 unspecified atom stereocenters. The van der Waals surface area contributed by atoms with Crippen LogP contribution in [0.5, 0.6) is 0 Å². The minimum absolute atomic E-state index is 0.0805. The molecule has 2 N–H and O–H groups in total. The van der Waals surface area contributed by atoms with E-state index in [-0.39, 0.29) is 5.69 Å². The number of rotatable bonds is 5. The number of non-ortho nitro benzene ring substituents is 1. The second-order valence-electron chi connectivity index (χ2n) is 3.30. The van der Waals surface area contributed by atoms with Gasteiger partial charge in [-0.05, 0) is 11.6 Å². The van der Waals surface area contributed by atoms with Crippen LogP contribution >= 0.6 is 0 Å². The Kier molecular flexibility index (Phi) is 4.56. The summed E-state index contributed by atoms with van der Waals surface area (Å²) in [7, 11) is 0. The highest BCUT2D eigenvalue weighted by molar-refractivity contribution is 5.93. The molecule has 0 heterocycles. The predicted molar refractivity (Wildman–Crippen MR) is 62.8 cm³/mol. The van der Waals surface area contributed by atoms with E-state index in [1.807, 2.05) is 0 Å². The number of amides is 1. The first-order valence-electron chi connectivity index (χ1n) is 4.91. The third-order valence-electron chi connectivity index (χ3n) is 1.92. The van der Waals surface area contributed by atoms with Gasteiger partial charge in [-0.3, -0.25) is 19.7 Å². The summed E-state index contributed by atoms with van der Waals surface area (Å²) >= 11 is 0. The summed E-state index contributed by atoms with van der Waals surface area (Å²) in [6.45, 7) is -0.474. The average Bonchev–Trinajstić information content (AvgIpc) is 2.34. The van der Waals surface area contributed by atoms with Gasteiger partial charge in [-0.25, -0.2) is 0 Å². The standard InChI is InChI=1S/C11H10N2O5/c14-10(12-7-11(15)16)5-4-8-2-1-3-9(6-8)13(17)18/h1-6H,7H2,(H,12,14)(H,15,16)/b5-4+. The van der Waals surface area contributed by atoms with E-state index >= 15 is 0 Å². The van der Waals surface area contributed by atoms with E-state index in [1.165, 1.54) is 24.3 Å². The molecular weight excluding hydrogens is 240 g/mol. The van der Waals surface area contributed by atoms with Gasteiger partial charge in [-0.1, -0.05) is 12.1 Å². The summed E-state index contributed by atoms with van der Waals surface area (Å²) in [6, 6.07) is 5.73. The van der Waals surface area contributed by atoms with Crippen molar-refractivity contribution in [1.29, 1.82) is 0 Å². The first-order valence-corrected chi connectivity index (χ1v) is 4.91. The molecule has 1 rings (SSSR count). The van der Waals surface area contributed by atoms with Crippen molar-refractivity contribution in [2.24, 2.45) is 0 Å². The third-order valence-corrected chi connectivity index (χ3v) is 1.92. The lowest BCUT2D eigenvalue weighted by molar-refractivity contribution is -0.384. The van der Waals surface area contributed by atoms with Crippen LogP contribution in [0.3, 0.4) is 0 Å². The molecule has 0 aliphatic rings. The fraction of sp³-hybridized carbons (Fsp3) is 0.0909. The maximum absolute atomic E-state index is 11.1. The average molecular weight is 250 g/mol. The van der Waals surface area contributed by atoms with Crippen molar-refractivity contribution in [2.75, 3.05) is 6.54 Å². The Morgan fingerprint density at radius 2 is 2.17 bits per heavy atom. The fourth-order valence-corrected chi connectivity index (χ4v) is 1.14. The van der Waals surface area contributed by atoms with Crippen LogP contribution in [0.25, 0.3) is 6.08 Å². The van der Waals surface area contributed by atoms with Crippen molar-refractivity contribution in [3.8, 4) is 0 Å². The van der Waals surface area contributed by atoms with Gasteiger partial charge >= 0.3 is 5.97 Å². The second-order valence-corrected chi connectivity index (χ2v) is 3.30. The first-order chi connectivity index (χ1) is 8.49. The molecule has 0 aromatic heterocycles. The Balaban J connectivity index is 2.66. The van der Waals surface area contributed by atoms with Gasteiger partial charge < -0.3 is 10.4 Å². The molecule has 94 valence electrons. The fourth-order valence-electron chi connectivity index (χ4n) is 1.14. The Morgan fingerprint density at radius 3 is 2.78 bits per heavy atom. The van der Waals surface area contributed by atoms with E-state index in [1.54, 1.807) is 6.07 Å². The first kappa shape index (κ1) is 13.4. The highest BCUT2D eigenvalue weighted by Gasteiger charge is 2.04. The Bertz CT molecular complexity index is 510. The molecule has 7 nitrogen and oxygen atoms in total. The molecule has 0 aliphatic carbocycles. The quantitative estimate of drug-likeness (QED) is 0.456.